The summed E-state index contributed by atoms with van der Waals surface area (Å²) in [7, 11) is 0. The molecule has 3 unspecified atom stereocenters. The van der Waals surface area contributed by atoms with Gasteiger partial charge in [-0.3, -0.25) is 9.80 Å². The van der Waals surface area contributed by atoms with Crippen molar-refractivity contribution in [3.63, 3.8) is 0 Å². The SMILES string of the molecule is CC(CCBr)CCN1CC2CCCN2CC1C. The second-order valence-corrected chi connectivity index (χ2v) is 6.80. The van der Waals surface area contributed by atoms with E-state index in [0.29, 0.717) is 0 Å². The van der Waals surface area contributed by atoms with Crippen LogP contribution in [0.2, 0.25) is 0 Å². The van der Waals surface area contributed by atoms with E-state index in [9.17, 15) is 0 Å². The largest absolute Gasteiger partial charge is 0.298 e. The van der Waals surface area contributed by atoms with Crippen molar-refractivity contribution in [2.75, 3.05) is 31.5 Å². The van der Waals surface area contributed by atoms with E-state index in [1.807, 2.05) is 0 Å². The van der Waals surface area contributed by atoms with E-state index >= 15 is 0 Å². The Morgan fingerprint density at radius 3 is 2.88 bits per heavy atom. The Labute approximate surface area is 115 Å². The zero-order valence-electron chi connectivity index (χ0n) is 11.4. The normalized spacial score (nSPS) is 32.6. The number of halogens is 1. The van der Waals surface area contributed by atoms with E-state index in [1.54, 1.807) is 0 Å². The van der Waals surface area contributed by atoms with Crippen LogP contribution in [0.5, 0.6) is 0 Å². The summed E-state index contributed by atoms with van der Waals surface area (Å²) in [6.07, 6.45) is 5.53. The molecule has 0 aliphatic carbocycles. The van der Waals surface area contributed by atoms with Gasteiger partial charge >= 0.3 is 0 Å². The topological polar surface area (TPSA) is 6.48 Å². The van der Waals surface area contributed by atoms with Crippen molar-refractivity contribution in [3.8, 4) is 0 Å². The van der Waals surface area contributed by atoms with Crippen LogP contribution in [0.25, 0.3) is 0 Å². The van der Waals surface area contributed by atoms with Crippen LogP contribution >= 0.6 is 15.9 Å². The molecule has 2 aliphatic heterocycles. The maximum atomic E-state index is 3.54. The first-order valence-electron chi connectivity index (χ1n) is 7.24. The minimum Gasteiger partial charge on any atom is -0.298 e. The molecule has 0 aromatic carbocycles. The van der Waals surface area contributed by atoms with Gasteiger partial charge in [0.05, 0.1) is 0 Å². The van der Waals surface area contributed by atoms with Gasteiger partial charge in [-0.15, -0.1) is 0 Å². The molecule has 100 valence electrons. The summed E-state index contributed by atoms with van der Waals surface area (Å²) in [5, 5.41) is 1.15. The molecule has 0 aromatic heterocycles. The molecule has 17 heavy (non-hydrogen) atoms. The predicted octanol–water partition coefficient (Wildman–Crippen LogP) is 2.97. The maximum absolute atomic E-state index is 3.54. The minimum absolute atomic E-state index is 0.764. The fraction of sp³-hybridized carbons (Fsp3) is 1.00. The standard InChI is InChI=1S/C14H27BrN2/c1-12(5-7-15)6-9-16-11-14-4-3-8-17(14)10-13(16)2/h12-14H,3-11H2,1-2H3. The van der Waals surface area contributed by atoms with Crippen LogP contribution in [0.4, 0.5) is 0 Å². The molecule has 0 aromatic rings. The Morgan fingerprint density at radius 1 is 1.29 bits per heavy atom. The summed E-state index contributed by atoms with van der Waals surface area (Å²) < 4.78 is 0. The van der Waals surface area contributed by atoms with E-state index in [-0.39, 0.29) is 0 Å². The van der Waals surface area contributed by atoms with Crippen LogP contribution < -0.4 is 0 Å². The highest BCUT2D eigenvalue weighted by molar-refractivity contribution is 9.09. The van der Waals surface area contributed by atoms with Crippen LogP contribution in [-0.4, -0.2) is 53.4 Å². The average Bonchev–Trinajstić information content (AvgIpc) is 2.73. The molecule has 2 saturated heterocycles. The summed E-state index contributed by atoms with van der Waals surface area (Å²) in [6.45, 7) is 10.1. The molecule has 0 N–H and O–H groups in total. The molecule has 2 rings (SSSR count). The van der Waals surface area contributed by atoms with Crippen molar-refractivity contribution in [2.24, 2.45) is 5.92 Å². The fourth-order valence-electron chi connectivity index (χ4n) is 3.28. The molecule has 2 fully saturated rings. The molecule has 0 amide bonds. The predicted molar refractivity (Wildman–Crippen MR) is 77.8 cm³/mol. The van der Waals surface area contributed by atoms with E-state index in [2.05, 4.69) is 39.6 Å². The molecule has 3 atom stereocenters. The third kappa shape index (κ3) is 3.68. The number of alkyl halides is 1. The molecule has 3 heteroatoms. The van der Waals surface area contributed by atoms with Crippen LogP contribution in [0.15, 0.2) is 0 Å². The molecule has 0 saturated carbocycles. The van der Waals surface area contributed by atoms with Gasteiger partial charge in [-0.25, -0.2) is 0 Å². The summed E-state index contributed by atoms with van der Waals surface area (Å²) in [6, 6.07) is 1.64. The number of hydrogen-bond acceptors (Lipinski definition) is 2. The Balaban J connectivity index is 1.76. The third-order valence-electron chi connectivity index (χ3n) is 4.58. The fourth-order valence-corrected chi connectivity index (χ4v) is 4.06. The lowest BCUT2D eigenvalue weighted by Crippen LogP contribution is -2.55. The van der Waals surface area contributed by atoms with Crippen LogP contribution in [0.1, 0.15) is 39.5 Å². The number of hydrogen-bond donors (Lipinski definition) is 0. The third-order valence-corrected chi connectivity index (χ3v) is 5.04. The number of nitrogens with zero attached hydrogens (tertiary/aromatic N) is 2. The molecule has 2 aliphatic rings. The molecule has 2 nitrogen and oxygen atoms in total. The van der Waals surface area contributed by atoms with Gasteiger partial charge in [0.25, 0.3) is 0 Å². The highest BCUT2D eigenvalue weighted by atomic mass is 79.9. The second kappa shape index (κ2) is 6.53. The Kier molecular flexibility index (Phi) is 5.31. The molecule has 0 bridgehead atoms. The van der Waals surface area contributed by atoms with Gasteiger partial charge < -0.3 is 0 Å². The summed E-state index contributed by atoms with van der Waals surface area (Å²) in [4.78, 5) is 5.44. The number of fused-ring (bicyclic) bond motifs is 1. The van der Waals surface area contributed by atoms with Gasteiger partial charge in [0.1, 0.15) is 0 Å². The highest BCUT2D eigenvalue weighted by Gasteiger charge is 2.33. The van der Waals surface area contributed by atoms with Gasteiger partial charge in [-0.1, -0.05) is 22.9 Å². The summed E-state index contributed by atoms with van der Waals surface area (Å²) >= 11 is 3.54. The summed E-state index contributed by atoms with van der Waals surface area (Å²) in [5.41, 5.74) is 0. The van der Waals surface area contributed by atoms with Crippen molar-refractivity contribution in [1.82, 2.24) is 9.80 Å². The van der Waals surface area contributed by atoms with Crippen LogP contribution in [-0.2, 0) is 0 Å². The van der Waals surface area contributed by atoms with Gasteiger partial charge in [-0.2, -0.15) is 0 Å². The maximum Gasteiger partial charge on any atom is 0.0224 e. The van der Waals surface area contributed by atoms with E-state index in [0.717, 1.165) is 23.3 Å². The van der Waals surface area contributed by atoms with Crippen molar-refractivity contribution in [1.29, 1.82) is 0 Å². The highest BCUT2D eigenvalue weighted by Crippen LogP contribution is 2.25. The lowest BCUT2D eigenvalue weighted by Gasteiger charge is -2.42. The monoisotopic (exact) mass is 302 g/mol. The summed E-state index contributed by atoms with van der Waals surface area (Å²) in [5.74, 6) is 0.864. The van der Waals surface area contributed by atoms with Gasteiger partial charge in [-0.05, 0) is 51.6 Å². The van der Waals surface area contributed by atoms with E-state index in [1.165, 1.54) is 51.9 Å². The van der Waals surface area contributed by atoms with Crippen LogP contribution in [0.3, 0.4) is 0 Å². The molecular weight excluding hydrogens is 276 g/mol. The Hall–Kier alpha value is 0.400. The average molecular weight is 303 g/mol. The van der Waals surface area contributed by atoms with Crippen LogP contribution in [0, 0.1) is 5.92 Å². The number of piperazine rings is 1. The molecule has 2 heterocycles. The van der Waals surface area contributed by atoms with Crippen molar-refractivity contribution >= 4 is 15.9 Å². The second-order valence-electron chi connectivity index (χ2n) is 6.01. The Bertz CT molecular complexity index is 234. The van der Waals surface area contributed by atoms with Gasteiger partial charge in [0.2, 0.25) is 0 Å². The van der Waals surface area contributed by atoms with E-state index in [4.69, 9.17) is 0 Å². The first-order valence-corrected chi connectivity index (χ1v) is 8.37. The first-order chi connectivity index (χ1) is 8.20. The zero-order chi connectivity index (χ0) is 12.3. The van der Waals surface area contributed by atoms with Crippen molar-refractivity contribution in [2.45, 2.75) is 51.6 Å². The number of rotatable bonds is 5. The minimum atomic E-state index is 0.764. The van der Waals surface area contributed by atoms with Gasteiger partial charge in [0.15, 0.2) is 0 Å². The van der Waals surface area contributed by atoms with E-state index < -0.39 is 0 Å². The molecule has 0 radical (unpaired) electrons. The lowest BCUT2D eigenvalue weighted by atomic mass is 10.0. The smallest absolute Gasteiger partial charge is 0.0224 e. The van der Waals surface area contributed by atoms with Crippen molar-refractivity contribution < 1.29 is 0 Å². The zero-order valence-corrected chi connectivity index (χ0v) is 13.0. The quantitative estimate of drug-likeness (QED) is 0.721. The molecular formula is C14H27BrN2. The van der Waals surface area contributed by atoms with Gasteiger partial charge in [0, 0.05) is 30.5 Å². The molecule has 0 spiro atoms. The van der Waals surface area contributed by atoms with Crippen molar-refractivity contribution in [3.05, 3.63) is 0 Å². The lowest BCUT2D eigenvalue weighted by molar-refractivity contribution is 0.0559. The Morgan fingerprint density at radius 2 is 2.12 bits per heavy atom. The first kappa shape index (κ1) is 13.8.